The maximum absolute atomic E-state index is 14.6. The first-order valence-corrected chi connectivity index (χ1v) is 12.3. The highest BCUT2D eigenvalue weighted by Crippen LogP contribution is 2.26. The molecule has 0 aliphatic rings. The second kappa shape index (κ2) is 12.5. The van der Waals surface area contributed by atoms with Crippen molar-refractivity contribution in [3.8, 4) is 5.75 Å². The molecule has 0 bridgehead atoms. The van der Waals surface area contributed by atoms with Gasteiger partial charge in [-0.05, 0) is 55.7 Å². The molecule has 1 atom stereocenters. The third-order valence-electron chi connectivity index (χ3n) is 5.69. The average Bonchev–Trinajstić information content (AvgIpc) is 2.85. The van der Waals surface area contributed by atoms with Crippen LogP contribution in [0.3, 0.4) is 0 Å². The van der Waals surface area contributed by atoms with Crippen LogP contribution in [0.1, 0.15) is 29.2 Å². The number of likely N-dealkylation sites (N-methyl/N-ethyl adjacent to an activating group) is 1. The van der Waals surface area contributed by atoms with Crippen molar-refractivity contribution in [2.75, 3.05) is 13.2 Å². The molecule has 0 aliphatic carbocycles. The molecule has 0 spiro atoms. The van der Waals surface area contributed by atoms with Crippen molar-refractivity contribution in [3.05, 3.63) is 99.3 Å². The Hall–Kier alpha value is -3.19. The fraction of sp³-hybridized carbons (Fsp3) is 0.286. The van der Waals surface area contributed by atoms with Crippen molar-refractivity contribution in [1.82, 2.24) is 10.2 Å². The molecule has 7 heteroatoms. The Labute approximate surface area is 214 Å². The van der Waals surface area contributed by atoms with Gasteiger partial charge in [-0.25, -0.2) is 4.39 Å². The Morgan fingerprint density at radius 1 is 1.03 bits per heavy atom. The van der Waals surface area contributed by atoms with E-state index in [-0.39, 0.29) is 19.1 Å². The summed E-state index contributed by atoms with van der Waals surface area (Å²) in [6, 6.07) is 18.6. The summed E-state index contributed by atoms with van der Waals surface area (Å²) in [5.41, 5.74) is 3.20. The van der Waals surface area contributed by atoms with E-state index in [0.29, 0.717) is 24.3 Å². The van der Waals surface area contributed by atoms with Crippen LogP contribution >= 0.6 is 15.9 Å². The van der Waals surface area contributed by atoms with Crippen LogP contribution in [0.4, 0.5) is 4.39 Å². The van der Waals surface area contributed by atoms with Gasteiger partial charge in [0, 0.05) is 29.5 Å². The predicted molar refractivity (Wildman–Crippen MR) is 139 cm³/mol. The number of ether oxygens (including phenoxy) is 1. The summed E-state index contributed by atoms with van der Waals surface area (Å²) in [5, 5.41) is 2.82. The Bertz CT molecular complexity index is 1150. The topological polar surface area (TPSA) is 58.6 Å². The fourth-order valence-electron chi connectivity index (χ4n) is 3.87. The van der Waals surface area contributed by atoms with Gasteiger partial charge in [-0.1, -0.05) is 64.5 Å². The number of amides is 2. The van der Waals surface area contributed by atoms with Crippen LogP contribution in [0.5, 0.6) is 5.75 Å². The van der Waals surface area contributed by atoms with Crippen molar-refractivity contribution in [3.63, 3.8) is 0 Å². The first-order chi connectivity index (χ1) is 16.8. The molecule has 0 radical (unpaired) electrons. The van der Waals surface area contributed by atoms with Gasteiger partial charge in [-0.3, -0.25) is 9.59 Å². The number of halogens is 2. The minimum absolute atomic E-state index is 0.0537. The summed E-state index contributed by atoms with van der Waals surface area (Å²) < 4.78 is 21.4. The summed E-state index contributed by atoms with van der Waals surface area (Å²) in [6.07, 6.45) is 0.295. The SMILES string of the molecule is CCNC(=O)C(Cc1ccccc1)N(Cc1ccccc1F)C(=O)COc1cc(C)c(Br)c(C)c1. The highest BCUT2D eigenvalue weighted by Gasteiger charge is 2.31. The highest BCUT2D eigenvalue weighted by molar-refractivity contribution is 9.10. The number of nitrogens with one attached hydrogen (secondary N) is 1. The van der Waals surface area contributed by atoms with E-state index in [1.54, 1.807) is 18.2 Å². The Morgan fingerprint density at radius 3 is 2.29 bits per heavy atom. The molecule has 3 aromatic rings. The molecule has 1 unspecified atom stereocenters. The zero-order chi connectivity index (χ0) is 25.4. The van der Waals surface area contributed by atoms with Gasteiger partial charge in [0.25, 0.3) is 5.91 Å². The molecule has 0 saturated carbocycles. The lowest BCUT2D eigenvalue weighted by molar-refractivity contribution is -0.142. The number of hydrogen-bond donors (Lipinski definition) is 1. The first kappa shape index (κ1) is 26.4. The van der Waals surface area contributed by atoms with Crippen molar-refractivity contribution < 1.29 is 18.7 Å². The minimum Gasteiger partial charge on any atom is -0.484 e. The van der Waals surface area contributed by atoms with Crippen molar-refractivity contribution in [2.24, 2.45) is 0 Å². The van der Waals surface area contributed by atoms with E-state index in [1.165, 1.54) is 11.0 Å². The summed E-state index contributed by atoms with van der Waals surface area (Å²) in [7, 11) is 0. The molecule has 0 fully saturated rings. The second-order valence-corrected chi connectivity index (χ2v) is 9.17. The number of carbonyl (C=O) groups is 2. The Balaban J connectivity index is 1.91. The first-order valence-electron chi connectivity index (χ1n) is 11.5. The van der Waals surface area contributed by atoms with Crippen molar-refractivity contribution >= 4 is 27.7 Å². The van der Waals surface area contributed by atoms with E-state index >= 15 is 0 Å². The smallest absolute Gasteiger partial charge is 0.261 e. The lowest BCUT2D eigenvalue weighted by Crippen LogP contribution is -2.51. The van der Waals surface area contributed by atoms with Gasteiger partial charge in [0.15, 0.2) is 6.61 Å². The van der Waals surface area contributed by atoms with Crippen molar-refractivity contribution in [2.45, 2.75) is 39.8 Å². The lowest BCUT2D eigenvalue weighted by Gasteiger charge is -2.31. The molecule has 3 aromatic carbocycles. The monoisotopic (exact) mass is 540 g/mol. The molecule has 1 N–H and O–H groups in total. The van der Waals surface area contributed by atoms with E-state index in [0.717, 1.165) is 21.2 Å². The van der Waals surface area contributed by atoms with Crippen LogP contribution in [-0.4, -0.2) is 35.9 Å². The van der Waals surface area contributed by atoms with E-state index in [4.69, 9.17) is 4.74 Å². The quantitative estimate of drug-likeness (QED) is 0.376. The molecule has 5 nitrogen and oxygen atoms in total. The molecule has 184 valence electrons. The van der Waals surface area contributed by atoms with E-state index < -0.39 is 17.8 Å². The second-order valence-electron chi connectivity index (χ2n) is 8.37. The standard InChI is InChI=1S/C28H30BrFN2O3/c1-4-31-28(34)25(16-21-10-6-5-7-11-21)32(17-22-12-8-9-13-24(22)30)26(33)18-35-23-14-19(2)27(29)20(3)15-23/h5-15,25H,4,16-18H2,1-3H3,(H,31,34). The summed E-state index contributed by atoms with van der Waals surface area (Å²) in [4.78, 5) is 28.0. The number of benzene rings is 3. The van der Waals surface area contributed by atoms with Gasteiger partial charge >= 0.3 is 0 Å². The maximum Gasteiger partial charge on any atom is 0.261 e. The molecule has 0 aliphatic heterocycles. The average molecular weight is 541 g/mol. The van der Waals surface area contributed by atoms with E-state index in [2.05, 4.69) is 21.2 Å². The Kier molecular flexibility index (Phi) is 9.43. The Morgan fingerprint density at radius 2 is 1.66 bits per heavy atom. The number of rotatable bonds is 10. The third-order valence-corrected chi connectivity index (χ3v) is 6.94. The lowest BCUT2D eigenvalue weighted by atomic mass is 10.0. The fourth-order valence-corrected chi connectivity index (χ4v) is 4.10. The molecular formula is C28H30BrFN2O3. The number of nitrogens with zero attached hydrogens (tertiary/aromatic N) is 1. The van der Waals surface area contributed by atoms with Crippen LogP contribution in [0.15, 0.2) is 71.2 Å². The zero-order valence-electron chi connectivity index (χ0n) is 20.2. The predicted octanol–water partition coefficient (Wildman–Crippen LogP) is 5.36. The van der Waals surface area contributed by atoms with Gasteiger partial charge in [0.1, 0.15) is 17.6 Å². The number of carbonyl (C=O) groups excluding carboxylic acids is 2. The molecule has 0 aromatic heterocycles. The van der Waals surface area contributed by atoms with Gasteiger partial charge in [-0.2, -0.15) is 0 Å². The maximum atomic E-state index is 14.6. The van der Waals surface area contributed by atoms with Gasteiger partial charge < -0.3 is 15.0 Å². The number of hydrogen-bond acceptors (Lipinski definition) is 3. The van der Waals surface area contributed by atoms with Gasteiger partial charge in [0.05, 0.1) is 0 Å². The molecule has 2 amide bonds. The minimum atomic E-state index is -0.832. The summed E-state index contributed by atoms with van der Waals surface area (Å²) in [6.45, 7) is 5.80. The molecule has 0 heterocycles. The number of aryl methyl sites for hydroxylation is 2. The third kappa shape index (κ3) is 7.15. The van der Waals surface area contributed by atoms with Gasteiger partial charge in [0.2, 0.25) is 5.91 Å². The van der Waals surface area contributed by atoms with Gasteiger partial charge in [-0.15, -0.1) is 0 Å². The summed E-state index contributed by atoms with van der Waals surface area (Å²) >= 11 is 3.53. The highest BCUT2D eigenvalue weighted by atomic mass is 79.9. The molecule has 3 rings (SSSR count). The van der Waals surface area contributed by atoms with Crippen LogP contribution in [0, 0.1) is 19.7 Å². The molecule has 35 heavy (non-hydrogen) atoms. The van der Waals surface area contributed by atoms with E-state index in [9.17, 15) is 14.0 Å². The summed E-state index contributed by atoms with van der Waals surface area (Å²) in [5.74, 6) is -0.574. The largest absolute Gasteiger partial charge is 0.484 e. The van der Waals surface area contributed by atoms with Crippen LogP contribution in [0.2, 0.25) is 0 Å². The molecule has 0 saturated heterocycles. The normalized spacial score (nSPS) is 11.6. The van der Waals surface area contributed by atoms with Crippen LogP contribution < -0.4 is 10.1 Å². The van der Waals surface area contributed by atoms with Crippen LogP contribution in [0.25, 0.3) is 0 Å². The van der Waals surface area contributed by atoms with Crippen molar-refractivity contribution in [1.29, 1.82) is 0 Å². The van der Waals surface area contributed by atoms with E-state index in [1.807, 2.05) is 63.2 Å². The van der Waals surface area contributed by atoms with Crippen LogP contribution in [-0.2, 0) is 22.6 Å². The zero-order valence-corrected chi connectivity index (χ0v) is 21.8. The molecular weight excluding hydrogens is 511 g/mol.